The summed E-state index contributed by atoms with van der Waals surface area (Å²) in [4.78, 5) is 14.8. The van der Waals surface area contributed by atoms with Crippen LogP contribution < -0.4 is 10.2 Å². The zero-order valence-corrected chi connectivity index (χ0v) is 15.3. The number of rotatable bonds is 6. The van der Waals surface area contributed by atoms with Crippen molar-refractivity contribution in [2.24, 2.45) is 0 Å². The minimum atomic E-state index is -0.0752. The molecule has 0 saturated carbocycles. The molecule has 1 aliphatic heterocycles. The van der Waals surface area contributed by atoms with E-state index in [9.17, 15) is 4.79 Å². The van der Waals surface area contributed by atoms with Gasteiger partial charge in [-0.1, -0.05) is 25.1 Å². The standard InChI is InChI=1S/C20H24N2O2S/c1-2-25-15-16-6-8-17(9-7-16)20(23)21-18-4-3-5-19(14-18)22-10-12-24-13-11-22/h3-9,14H,2,10-13,15H2,1H3,(H,21,23). The third-order valence-corrected chi connectivity index (χ3v) is 5.11. The molecule has 0 spiro atoms. The van der Waals surface area contributed by atoms with Crippen molar-refractivity contribution in [3.63, 3.8) is 0 Å². The van der Waals surface area contributed by atoms with Crippen LogP contribution in [-0.4, -0.2) is 38.0 Å². The average Bonchev–Trinajstić information content (AvgIpc) is 2.67. The highest BCUT2D eigenvalue weighted by atomic mass is 32.2. The first-order valence-electron chi connectivity index (χ1n) is 8.67. The van der Waals surface area contributed by atoms with Crippen molar-refractivity contribution in [3.8, 4) is 0 Å². The topological polar surface area (TPSA) is 41.6 Å². The number of carbonyl (C=O) groups is 1. The molecule has 2 aromatic rings. The van der Waals surface area contributed by atoms with Gasteiger partial charge in [-0.3, -0.25) is 4.79 Å². The lowest BCUT2D eigenvalue weighted by molar-refractivity contribution is 0.102. The molecule has 5 heteroatoms. The summed E-state index contributed by atoms with van der Waals surface area (Å²) in [6.45, 7) is 5.42. The summed E-state index contributed by atoms with van der Waals surface area (Å²) < 4.78 is 5.40. The van der Waals surface area contributed by atoms with Crippen LogP contribution in [0.5, 0.6) is 0 Å². The number of nitrogens with zero attached hydrogens (tertiary/aromatic N) is 1. The number of morpholine rings is 1. The number of hydrogen-bond donors (Lipinski definition) is 1. The van der Waals surface area contributed by atoms with E-state index < -0.39 is 0 Å². The van der Waals surface area contributed by atoms with Gasteiger partial charge in [-0.25, -0.2) is 0 Å². The molecule has 0 aliphatic carbocycles. The first kappa shape index (κ1) is 17.8. The summed E-state index contributed by atoms with van der Waals surface area (Å²) >= 11 is 1.88. The molecule has 25 heavy (non-hydrogen) atoms. The smallest absolute Gasteiger partial charge is 0.255 e. The van der Waals surface area contributed by atoms with Crippen molar-refractivity contribution in [2.75, 3.05) is 42.3 Å². The Morgan fingerprint density at radius 3 is 2.64 bits per heavy atom. The highest BCUT2D eigenvalue weighted by Crippen LogP contribution is 2.21. The number of ether oxygens (including phenoxy) is 1. The van der Waals surface area contributed by atoms with E-state index in [0.29, 0.717) is 5.56 Å². The summed E-state index contributed by atoms with van der Waals surface area (Å²) in [5, 5.41) is 3.00. The second-order valence-corrected chi connectivity index (χ2v) is 7.21. The van der Waals surface area contributed by atoms with E-state index in [2.05, 4.69) is 23.2 Å². The van der Waals surface area contributed by atoms with E-state index in [1.54, 1.807) is 0 Å². The van der Waals surface area contributed by atoms with E-state index in [4.69, 9.17) is 4.74 Å². The number of benzene rings is 2. The normalized spacial score (nSPS) is 14.4. The molecule has 0 radical (unpaired) electrons. The quantitative estimate of drug-likeness (QED) is 0.848. The molecule has 0 unspecified atom stereocenters. The van der Waals surface area contributed by atoms with E-state index in [1.165, 1.54) is 5.56 Å². The zero-order chi connectivity index (χ0) is 17.5. The first-order valence-corrected chi connectivity index (χ1v) is 9.82. The summed E-state index contributed by atoms with van der Waals surface area (Å²) in [6.07, 6.45) is 0. The molecule has 1 heterocycles. The van der Waals surface area contributed by atoms with Crippen LogP contribution in [0.25, 0.3) is 0 Å². The molecule has 3 rings (SSSR count). The molecular formula is C20H24N2O2S. The van der Waals surface area contributed by atoms with E-state index in [0.717, 1.165) is 49.2 Å². The Kier molecular flexibility index (Phi) is 6.36. The van der Waals surface area contributed by atoms with Gasteiger partial charge in [-0.15, -0.1) is 0 Å². The van der Waals surface area contributed by atoms with Gasteiger partial charge < -0.3 is 15.0 Å². The van der Waals surface area contributed by atoms with Crippen molar-refractivity contribution in [2.45, 2.75) is 12.7 Å². The summed E-state index contributed by atoms with van der Waals surface area (Å²) in [7, 11) is 0. The third-order valence-electron chi connectivity index (χ3n) is 4.17. The summed E-state index contributed by atoms with van der Waals surface area (Å²) in [5.74, 6) is 2.01. The van der Waals surface area contributed by atoms with Crippen molar-refractivity contribution in [1.29, 1.82) is 0 Å². The largest absolute Gasteiger partial charge is 0.378 e. The van der Waals surface area contributed by atoms with Crippen molar-refractivity contribution >= 4 is 29.0 Å². The van der Waals surface area contributed by atoms with Crippen molar-refractivity contribution < 1.29 is 9.53 Å². The van der Waals surface area contributed by atoms with E-state index in [-0.39, 0.29) is 5.91 Å². The molecule has 1 aliphatic rings. The minimum absolute atomic E-state index is 0.0752. The lowest BCUT2D eigenvalue weighted by Crippen LogP contribution is -2.36. The lowest BCUT2D eigenvalue weighted by atomic mass is 10.1. The number of amides is 1. The van der Waals surface area contributed by atoms with Gasteiger partial charge in [-0.05, 0) is 41.6 Å². The van der Waals surface area contributed by atoms with Crippen LogP contribution in [0.1, 0.15) is 22.8 Å². The molecule has 132 valence electrons. The molecule has 1 fully saturated rings. The van der Waals surface area contributed by atoms with Gasteiger partial charge in [0.25, 0.3) is 5.91 Å². The Morgan fingerprint density at radius 2 is 1.92 bits per heavy atom. The van der Waals surface area contributed by atoms with Crippen molar-refractivity contribution in [3.05, 3.63) is 59.7 Å². The van der Waals surface area contributed by atoms with E-state index >= 15 is 0 Å². The number of thioether (sulfide) groups is 1. The van der Waals surface area contributed by atoms with Gasteiger partial charge in [0, 0.05) is 35.8 Å². The van der Waals surface area contributed by atoms with Crippen molar-refractivity contribution in [1.82, 2.24) is 0 Å². The maximum absolute atomic E-state index is 12.5. The first-order chi connectivity index (χ1) is 12.3. The molecule has 1 N–H and O–H groups in total. The molecule has 4 nitrogen and oxygen atoms in total. The summed E-state index contributed by atoms with van der Waals surface area (Å²) in [6, 6.07) is 15.8. The van der Waals surface area contributed by atoms with Gasteiger partial charge in [0.15, 0.2) is 0 Å². The molecule has 0 bridgehead atoms. The fourth-order valence-corrected chi connectivity index (χ4v) is 3.41. The van der Waals surface area contributed by atoms with Crippen LogP contribution in [0.15, 0.2) is 48.5 Å². The summed E-state index contributed by atoms with van der Waals surface area (Å²) in [5.41, 5.74) is 3.87. The Morgan fingerprint density at radius 1 is 1.16 bits per heavy atom. The Bertz CT molecular complexity index is 697. The second-order valence-electron chi connectivity index (χ2n) is 5.94. The predicted octanol–water partition coefficient (Wildman–Crippen LogP) is 4.03. The highest BCUT2D eigenvalue weighted by molar-refractivity contribution is 7.98. The van der Waals surface area contributed by atoms with E-state index in [1.807, 2.05) is 54.2 Å². The lowest BCUT2D eigenvalue weighted by Gasteiger charge is -2.29. The third kappa shape index (κ3) is 5.00. The second kappa shape index (κ2) is 8.92. The number of hydrogen-bond acceptors (Lipinski definition) is 4. The van der Waals surface area contributed by atoms with Crippen LogP contribution in [0, 0.1) is 0 Å². The van der Waals surface area contributed by atoms with Gasteiger partial charge in [0.1, 0.15) is 0 Å². The fourth-order valence-electron chi connectivity index (χ4n) is 2.78. The molecule has 0 atom stereocenters. The fraction of sp³-hybridized carbons (Fsp3) is 0.350. The maximum atomic E-state index is 12.5. The highest BCUT2D eigenvalue weighted by Gasteiger charge is 2.12. The number of nitrogens with one attached hydrogen (secondary N) is 1. The zero-order valence-electron chi connectivity index (χ0n) is 14.5. The monoisotopic (exact) mass is 356 g/mol. The number of anilines is 2. The van der Waals surface area contributed by atoms with Crippen LogP contribution in [0.4, 0.5) is 11.4 Å². The molecule has 1 saturated heterocycles. The predicted molar refractivity (Wildman–Crippen MR) is 106 cm³/mol. The van der Waals surface area contributed by atoms with Crippen LogP contribution >= 0.6 is 11.8 Å². The number of carbonyl (C=O) groups excluding carboxylic acids is 1. The average molecular weight is 356 g/mol. The Labute approximate surface area is 153 Å². The Balaban J connectivity index is 1.64. The molecule has 2 aromatic carbocycles. The molecule has 1 amide bonds. The SMILES string of the molecule is CCSCc1ccc(C(=O)Nc2cccc(N3CCOCC3)c2)cc1. The van der Waals surface area contributed by atoms with Gasteiger partial charge in [0.05, 0.1) is 13.2 Å². The van der Waals surface area contributed by atoms with Gasteiger partial charge >= 0.3 is 0 Å². The van der Waals surface area contributed by atoms with Gasteiger partial charge in [0.2, 0.25) is 0 Å². The Hall–Kier alpha value is -1.98. The maximum Gasteiger partial charge on any atom is 0.255 e. The molecule has 0 aromatic heterocycles. The minimum Gasteiger partial charge on any atom is -0.378 e. The van der Waals surface area contributed by atoms with Crippen LogP contribution in [-0.2, 0) is 10.5 Å². The van der Waals surface area contributed by atoms with Gasteiger partial charge in [-0.2, -0.15) is 11.8 Å². The van der Waals surface area contributed by atoms with Crippen LogP contribution in [0.3, 0.4) is 0 Å². The van der Waals surface area contributed by atoms with Crippen LogP contribution in [0.2, 0.25) is 0 Å². The molecular weight excluding hydrogens is 332 g/mol.